The lowest BCUT2D eigenvalue weighted by atomic mass is 10.1. The zero-order chi connectivity index (χ0) is 14.0. The first-order valence-corrected chi connectivity index (χ1v) is 6.04. The van der Waals surface area contributed by atoms with Crippen LogP contribution in [0.2, 0.25) is 5.02 Å². The highest BCUT2D eigenvalue weighted by Crippen LogP contribution is 2.45. The summed E-state index contributed by atoms with van der Waals surface area (Å²) in [5.74, 6) is -1.48. The summed E-state index contributed by atoms with van der Waals surface area (Å²) in [6.07, 6.45) is 1.12. The van der Waals surface area contributed by atoms with Gasteiger partial charge in [0, 0.05) is 12.2 Å². The Hall–Kier alpha value is -1.82. The summed E-state index contributed by atoms with van der Waals surface area (Å²) in [6.45, 7) is 0.0725. The van der Waals surface area contributed by atoms with Crippen molar-refractivity contribution in [3.05, 3.63) is 29.0 Å². The van der Waals surface area contributed by atoms with Gasteiger partial charge in [-0.2, -0.15) is 0 Å². The maximum absolute atomic E-state index is 12.9. The number of rotatable bonds is 4. The number of halogens is 2. The third kappa shape index (κ3) is 3.14. The van der Waals surface area contributed by atoms with Crippen molar-refractivity contribution in [2.45, 2.75) is 12.8 Å². The van der Waals surface area contributed by atoms with Gasteiger partial charge in [-0.05, 0) is 31.0 Å². The van der Waals surface area contributed by atoms with Crippen molar-refractivity contribution in [1.29, 1.82) is 0 Å². The molecule has 3 N–H and O–H groups in total. The summed E-state index contributed by atoms with van der Waals surface area (Å²) in [5, 5.41) is 13.8. The summed E-state index contributed by atoms with van der Waals surface area (Å²) in [5.41, 5.74) is -0.485. The fraction of sp³-hybridized carbons (Fsp3) is 0.333. The van der Waals surface area contributed by atoms with E-state index in [0.717, 1.165) is 6.07 Å². The first kappa shape index (κ1) is 13.6. The highest BCUT2D eigenvalue weighted by Gasteiger charge is 2.50. The number of benzene rings is 1. The summed E-state index contributed by atoms with van der Waals surface area (Å²) in [7, 11) is 0. The lowest BCUT2D eigenvalue weighted by molar-refractivity contribution is -0.143. The number of anilines is 1. The lowest BCUT2D eigenvalue weighted by Crippen LogP contribution is -2.36. The van der Waals surface area contributed by atoms with Gasteiger partial charge >= 0.3 is 12.0 Å². The van der Waals surface area contributed by atoms with Gasteiger partial charge in [-0.15, -0.1) is 0 Å². The predicted octanol–water partition coefficient (Wildman–Crippen LogP) is 2.47. The Morgan fingerprint density at radius 1 is 1.42 bits per heavy atom. The van der Waals surface area contributed by atoms with E-state index in [1.54, 1.807) is 0 Å². The molecule has 1 fully saturated rings. The van der Waals surface area contributed by atoms with Gasteiger partial charge < -0.3 is 15.7 Å². The van der Waals surface area contributed by atoms with Crippen LogP contribution in [0.15, 0.2) is 18.2 Å². The molecule has 0 radical (unpaired) electrons. The predicted molar refractivity (Wildman–Crippen MR) is 67.7 cm³/mol. The van der Waals surface area contributed by atoms with E-state index < -0.39 is 23.2 Å². The molecule has 1 aromatic rings. The Balaban J connectivity index is 1.88. The van der Waals surface area contributed by atoms with Crippen LogP contribution >= 0.6 is 11.6 Å². The van der Waals surface area contributed by atoms with Crippen molar-refractivity contribution in [3.63, 3.8) is 0 Å². The van der Waals surface area contributed by atoms with E-state index in [1.807, 2.05) is 0 Å². The average molecular weight is 287 g/mol. The molecular formula is C12H12ClFN2O3. The third-order valence-electron chi connectivity index (χ3n) is 3.07. The van der Waals surface area contributed by atoms with Gasteiger partial charge in [0.1, 0.15) is 5.82 Å². The van der Waals surface area contributed by atoms with Crippen LogP contribution in [0.5, 0.6) is 0 Å². The highest BCUT2D eigenvalue weighted by atomic mass is 35.5. The normalized spacial score (nSPS) is 15.7. The van der Waals surface area contributed by atoms with Gasteiger partial charge in [0.25, 0.3) is 0 Å². The van der Waals surface area contributed by atoms with Crippen molar-refractivity contribution >= 4 is 29.3 Å². The number of urea groups is 1. The topological polar surface area (TPSA) is 78.4 Å². The Morgan fingerprint density at radius 2 is 2.11 bits per heavy atom. The van der Waals surface area contributed by atoms with Crippen LogP contribution in [-0.2, 0) is 4.79 Å². The largest absolute Gasteiger partial charge is 0.481 e. The number of carboxylic acids is 1. The van der Waals surface area contributed by atoms with Crippen LogP contribution in [0.4, 0.5) is 14.9 Å². The van der Waals surface area contributed by atoms with E-state index >= 15 is 0 Å². The molecule has 1 aromatic carbocycles. The molecule has 0 heterocycles. The fourth-order valence-electron chi connectivity index (χ4n) is 1.62. The molecule has 0 spiro atoms. The summed E-state index contributed by atoms with van der Waals surface area (Å²) in [6, 6.07) is 3.23. The maximum atomic E-state index is 12.9. The first-order chi connectivity index (χ1) is 8.93. The minimum Gasteiger partial charge on any atom is -0.481 e. The molecule has 2 rings (SSSR count). The van der Waals surface area contributed by atoms with E-state index in [1.165, 1.54) is 12.1 Å². The third-order valence-corrected chi connectivity index (χ3v) is 3.36. The maximum Gasteiger partial charge on any atom is 0.319 e. The molecule has 0 atom stereocenters. The molecular weight excluding hydrogens is 275 g/mol. The zero-order valence-corrected chi connectivity index (χ0v) is 10.6. The van der Waals surface area contributed by atoms with E-state index in [4.69, 9.17) is 16.7 Å². The van der Waals surface area contributed by atoms with Crippen LogP contribution in [-0.4, -0.2) is 23.7 Å². The van der Waals surface area contributed by atoms with E-state index in [9.17, 15) is 14.0 Å². The van der Waals surface area contributed by atoms with Crippen LogP contribution < -0.4 is 10.6 Å². The smallest absolute Gasteiger partial charge is 0.319 e. The summed E-state index contributed by atoms with van der Waals surface area (Å²) >= 11 is 5.57. The molecule has 0 saturated heterocycles. The summed E-state index contributed by atoms with van der Waals surface area (Å²) < 4.78 is 12.9. The Morgan fingerprint density at radius 3 is 2.63 bits per heavy atom. The first-order valence-electron chi connectivity index (χ1n) is 5.66. The average Bonchev–Trinajstić information content (AvgIpc) is 3.13. The van der Waals surface area contributed by atoms with Crippen molar-refractivity contribution in [3.8, 4) is 0 Å². The standard InChI is InChI=1S/C12H12ClFN2O3/c13-8-5-7(1-2-9(8)14)16-11(19)15-6-12(3-4-12)10(17)18/h1-2,5H,3-4,6H2,(H,17,18)(H2,15,16,19). The van der Waals surface area contributed by atoms with Gasteiger partial charge in [-0.1, -0.05) is 11.6 Å². The van der Waals surface area contributed by atoms with Gasteiger partial charge in [0.15, 0.2) is 0 Å². The Kier molecular flexibility index (Phi) is 3.61. The van der Waals surface area contributed by atoms with Crippen molar-refractivity contribution in [2.75, 3.05) is 11.9 Å². The second-order valence-electron chi connectivity index (χ2n) is 4.52. The molecule has 5 nitrogen and oxygen atoms in total. The van der Waals surface area contributed by atoms with Crippen LogP contribution in [0.3, 0.4) is 0 Å². The monoisotopic (exact) mass is 286 g/mol. The molecule has 102 valence electrons. The molecule has 2 amide bonds. The molecule has 1 saturated carbocycles. The molecule has 7 heteroatoms. The number of hydrogen-bond acceptors (Lipinski definition) is 2. The lowest BCUT2D eigenvalue weighted by Gasteiger charge is -2.12. The van der Waals surface area contributed by atoms with Gasteiger partial charge in [-0.25, -0.2) is 9.18 Å². The van der Waals surface area contributed by atoms with E-state index in [2.05, 4.69) is 10.6 Å². The molecule has 0 aromatic heterocycles. The summed E-state index contributed by atoms with van der Waals surface area (Å²) in [4.78, 5) is 22.5. The zero-order valence-electron chi connectivity index (χ0n) is 9.87. The van der Waals surface area contributed by atoms with E-state index in [-0.39, 0.29) is 11.6 Å². The molecule has 1 aliphatic carbocycles. The molecule has 1 aliphatic rings. The number of nitrogens with one attached hydrogen (secondary N) is 2. The molecule has 0 bridgehead atoms. The number of amides is 2. The fourth-order valence-corrected chi connectivity index (χ4v) is 1.80. The molecule has 19 heavy (non-hydrogen) atoms. The molecule has 0 unspecified atom stereocenters. The van der Waals surface area contributed by atoms with Gasteiger partial charge in [0.05, 0.1) is 10.4 Å². The minimum absolute atomic E-state index is 0.0725. The van der Waals surface area contributed by atoms with Crippen molar-refractivity contribution in [2.24, 2.45) is 5.41 Å². The van der Waals surface area contributed by atoms with Crippen molar-refractivity contribution < 1.29 is 19.1 Å². The second-order valence-corrected chi connectivity index (χ2v) is 4.93. The van der Waals surface area contributed by atoms with Crippen molar-refractivity contribution in [1.82, 2.24) is 5.32 Å². The molecule has 0 aliphatic heterocycles. The number of carbonyl (C=O) groups excluding carboxylic acids is 1. The van der Waals surface area contributed by atoms with Crippen LogP contribution in [0, 0.1) is 11.2 Å². The van der Waals surface area contributed by atoms with E-state index in [0.29, 0.717) is 18.5 Å². The van der Waals surface area contributed by atoms with Gasteiger partial charge in [-0.3, -0.25) is 4.79 Å². The number of carbonyl (C=O) groups is 2. The Bertz CT molecular complexity index is 532. The van der Waals surface area contributed by atoms with Gasteiger partial charge in [0.2, 0.25) is 0 Å². The quantitative estimate of drug-likeness (QED) is 0.795. The number of aliphatic carboxylic acids is 1. The minimum atomic E-state index is -0.905. The number of carboxylic acid groups (broad SMARTS) is 1. The van der Waals surface area contributed by atoms with Crippen LogP contribution in [0.1, 0.15) is 12.8 Å². The Labute approximate surface area is 113 Å². The highest BCUT2D eigenvalue weighted by molar-refractivity contribution is 6.31. The second kappa shape index (κ2) is 5.05. The SMILES string of the molecule is O=C(NCC1(C(=O)O)CC1)Nc1ccc(F)c(Cl)c1. The van der Waals surface area contributed by atoms with Crippen LogP contribution in [0.25, 0.3) is 0 Å². The number of hydrogen-bond donors (Lipinski definition) is 3.